The predicted octanol–water partition coefficient (Wildman–Crippen LogP) is 1.87. The maximum absolute atomic E-state index is 10.6. The fraction of sp³-hybridized carbons (Fsp3) is 0.727. The van der Waals surface area contributed by atoms with Gasteiger partial charge in [0, 0.05) is 12.1 Å². The van der Waals surface area contributed by atoms with Crippen LogP contribution >= 0.6 is 0 Å². The molecule has 0 aromatic carbocycles. The third-order valence-corrected chi connectivity index (χ3v) is 2.64. The lowest BCUT2D eigenvalue weighted by Gasteiger charge is -2.10. The third kappa shape index (κ3) is 4.44. The molecule has 0 aliphatic heterocycles. The molecule has 0 amide bonds. The van der Waals surface area contributed by atoms with Crippen molar-refractivity contribution in [2.75, 3.05) is 6.54 Å². The van der Waals surface area contributed by atoms with Crippen LogP contribution in [0.15, 0.2) is 11.6 Å². The minimum Gasteiger partial charge on any atom is -0.478 e. The monoisotopic (exact) mass is 213 g/mol. The molecule has 1 fully saturated rings. The van der Waals surface area contributed by atoms with E-state index in [1.54, 1.807) is 6.08 Å². The van der Waals surface area contributed by atoms with E-state index in [0.717, 1.165) is 12.8 Å². The quantitative estimate of drug-likeness (QED) is 0.402. The number of aliphatic carboxylic acids is 1. The smallest absolute Gasteiger partial charge is 0.331 e. The molecule has 0 saturated heterocycles. The van der Waals surface area contributed by atoms with Gasteiger partial charge in [0.1, 0.15) is 0 Å². The molecule has 0 atom stereocenters. The standard InChI is InChI=1S/C11H19NO3/c1-2-9(11(13)14)7-8-12-15-10-5-3-4-6-10/h7,10,12H,2-6,8H2,1H3,(H,13,14). The Balaban J connectivity index is 2.16. The summed E-state index contributed by atoms with van der Waals surface area (Å²) in [5, 5.41) is 8.75. The van der Waals surface area contributed by atoms with E-state index in [4.69, 9.17) is 9.94 Å². The predicted molar refractivity (Wildman–Crippen MR) is 57.4 cm³/mol. The first-order chi connectivity index (χ1) is 7.24. The second-order valence-electron chi connectivity index (χ2n) is 3.76. The molecule has 0 spiro atoms. The summed E-state index contributed by atoms with van der Waals surface area (Å²) in [5.41, 5.74) is 3.24. The van der Waals surface area contributed by atoms with Crippen LogP contribution in [0.1, 0.15) is 39.0 Å². The van der Waals surface area contributed by atoms with Crippen molar-refractivity contribution in [1.82, 2.24) is 5.48 Å². The molecule has 4 heteroatoms. The third-order valence-electron chi connectivity index (χ3n) is 2.64. The summed E-state index contributed by atoms with van der Waals surface area (Å²) in [4.78, 5) is 16.0. The van der Waals surface area contributed by atoms with Crippen LogP contribution < -0.4 is 5.48 Å². The van der Waals surface area contributed by atoms with Gasteiger partial charge in [-0.3, -0.25) is 4.84 Å². The minimum atomic E-state index is -0.847. The van der Waals surface area contributed by atoms with Gasteiger partial charge in [-0.15, -0.1) is 0 Å². The zero-order chi connectivity index (χ0) is 11.1. The van der Waals surface area contributed by atoms with Crippen LogP contribution in [0, 0.1) is 0 Å². The highest BCUT2D eigenvalue weighted by Gasteiger charge is 2.14. The topological polar surface area (TPSA) is 58.6 Å². The Morgan fingerprint density at radius 1 is 1.53 bits per heavy atom. The van der Waals surface area contributed by atoms with E-state index in [1.165, 1.54) is 12.8 Å². The lowest BCUT2D eigenvalue weighted by Crippen LogP contribution is -2.22. The van der Waals surface area contributed by atoms with Gasteiger partial charge in [-0.1, -0.05) is 25.8 Å². The van der Waals surface area contributed by atoms with E-state index in [2.05, 4.69) is 5.48 Å². The average molecular weight is 213 g/mol. The summed E-state index contributed by atoms with van der Waals surface area (Å²) >= 11 is 0. The van der Waals surface area contributed by atoms with Crippen LogP contribution in [-0.4, -0.2) is 23.7 Å². The van der Waals surface area contributed by atoms with Crippen molar-refractivity contribution in [2.24, 2.45) is 0 Å². The summed E-state index contributed by atoms with van der Waals surface area (Å²) in [6, 6.07) is 0. The number of carbonyl (C=O) groups is 1. The van der Waals surface area contributed by atoms with Crippen molar-refractivity contribution in [3.05, 3.63) is 11.6 Å². The van der Waals surface area contributed by atoms with Crippen molar-refractivity contribution in [2.45, 2.75) is 45.1 Å². The van der Waals surface area contributed by atoms with E-state index in [1.807, 2.05) is 6.92 Å². The summed E-state index contributed by atoms with van der Waals surface area (Å²) in [7, 11) is 0. The summed E-state index contributed by atoms with van der Waals surface area (Å²) in [5.74, 6) is -0.847. The Bertz CT molecular complexity index is 232. The zero-order valence-corrected chi connectivity index (χ0v) is 9.16. The molecule has 0 bridgehead atoms. The summed E-state index contributed by atoms with van der Waals surface area (Å²) < 4.78 is 0. The van der Waals surface area contributed by atoms with E-state index in [-0.39, 0.29) is 0 Å². The molecule has 86 valence electrons. The molecule has 0 aromatic heterocycles. The van der Waals surface area contributed by atoms with E-state index < -0.39 is 5.97 Å². The maximum Gasteiger partial charge on any atom is 0.331 e. The molecule has 0 aromatic rings. The molecule has 0 heterocycles. The summed E-state index contributed by atoms with van der Waals surface area (Å²) in [6.45, 7) is 2.30. The molecule has 1 saturated carbocycles. The lowest BCUT2D eigenvalue weighted by molar-refractivity contribution is -0.132. The van der Waals surface area contributed by atoms with Gasteiger partial charge in [0.25, 0.3) is 0 Å². The average Bonchev–Trinajstić information content (AvgIpc) is 2.70. The number of carboxylic acid groups (broad SMARTS) is 1. The Hall–Kier alpha value is -0.870. The van der Waals surface area contributed by atoms with Crippen LogP contribution in [0.2, 0.25) is 0 Å². The van der Waals surface area contributed by atoms with Crippen LogP contribution in [0.25, 0.3) is 0 Å². The number of nitrogens with one attached hydrogen (secondary N) is 1. The van der Waals surface area contributed by atoms with Gasteiger partial charge in [0.05, 0.1) is 6.10 Å². The number of rotatable bonds is 6. The number of hydroxylamine groups is 1. The Morgan fingerprint density at radius 3 is 2.73 bits per heavy atom. The molecule has 1 aliphatic rings. The molecule has 1 rings (SSSR count). The highest BCUT2D eigenvalue weighted by Crippen LogP contribution is 2.19. The van der Waals surface area contributed by atoms with Crippen molar-refractivity contribution in [3.8, 4) is 0 Å². The first kappa shape index (κ1) is 12.2. The van der Waals surface area contributed by atoms with Crippen molar-refractivity contribution >= 4 is 5.97 Å². The van der Waals surface area contributed by atoms with Crippen LogP contribution in [0.4, 0.5) is 0 Å². The van der Waals surface area contributed by atoms with Crippen molar-refractivity contribution < 1.29 is 14.7 Å². The van der Waals surface area contributed by atoms with Gasteiger partial charge in [-0.25, -0.2) is 4.79 Å². The minimum absolute atomic E-state index is 0.313. The summed E-state index contributed by atoms with van der Waals surface area (Å²) in [6.07, 6.45) is 7.20. The van der Waals surface area contributed by atoms with Gasteiger partial charge >= 0.3 is 5.97 Å². The Labute approximate surface area is 90.3 Å². The normalized spacial score (nSPS) is 18.3. The van der Waals surface area contributed by atoms with Crippen molar-refractivity contribution in [1.29, 1.82) is 0 Å². The molecular formula is C11H19NO3. The fourth-order valence-corrected chi connectivity index (χ4v) is 1.72. The Kier molecular flexibility index (Phi) is 5.36. The van der Waals surface area contributed by atoms with Gasteiger partial charge in [-0.2, -0.15) is 5.48 Å². The maximum atomic E-state index is 10.6. The van der Waals surface area contributed by atoms with Gasteiger partial charge in [0.2, 0.25) is 0 Å². The van der Waals surface area contributed by atoms with Gasteiger partial charge in [-0.05, 0) is 19.3 Å². The van der Waals surface area contributed by atoms with Gasteiger partial charge < -0.3 is 5.11 Å². The molecule has 0 radical (unpaired) electrons. The lowest BCUT2D eigenvalue weighted by atomic mass is 10.2. The largest absolute Gasteiger partial charge is 0.478 e. The number of carboxylic acids is 1. The molecule has 0 unspecified atom stereocenters. The fourth-order valence-electron chi connectivity index (χ4n) is 1.72. The second-order valence-corrected chi connectivity index (χ2v) is 3.76. The highest BCUT2D eigenvalue weighted by atomic mass is 16.7. The first-order valence-electron chi connectivity index (χ1n) is 5.55. The number of hydrogen-bond acceptors (Lipinski definition) is 3. The SMILES string of the molecule is CCC(=CCNOC1CCCC1)C(=O)O. The highest BCUT2D eigenvalue weighted by molar-refractivity contribution is 5.86. The van der Waals surface area contributed by atoms with Crippen molar-refractivity contribution in [3.63, 3.8) is 0 Å². The van der Waals surface area contributed by atoms with E-state index >= 15 is 0 Å². The molecule has 1 aliphatic carbocycles. The molecule has 4 nitrogen and oxygen atoms in total. The first-order valence-corrected chi connectivity index (χ1v) is 5.55. The second kappa shape index (κ2) is 6.58. The van der Waals surface area contributed by atoms with E-state index in [0.29, 0.717) is 24.6 Å². The zero-order valence-electron chi connectivity index (χ0n) is 9.16. The van der Waals surface area contributed by atoms with Crippen LogP contribution in [0.5, 0.6) is 0 Å². The number of hydrogen-bond donors (Lipinski definition) is 2. The van der Waals surface area contributed by atoms with E-state index in [9.17, 15) is 4.79 Å². The van der Waals surface area contributed by atoms with Crippen LogP contribution in [-0.2, 0) is 9.63 Å². The molecule has 2 N–H and O–H groups in total. The molecular weight excluding hydrogens is 194 g/mol. The van der Waals surface area contributed by atoms with Crippen LogP contribution in [0.3, 0.4) is 0 Å². The Morgan fingerprint density at radius 2 is 2.20 bits per heavy atom. The molecule has 15 heavy (non-hydrogen) atoms. The van der Waals surface area contributed by atoms with Gasteiger partial charge in [0.15, 0.2) is 0 Å².